The van der Waals surface area contributed by atoms with Crippen LogP contribution in [0.3, 0.4) is 0 Å². The summed E-state index contributed by atoms with van der Waals surface area (Å²) in [5.74, 6) is -0.281. The van der Waals surface area contributed by atoms with Crippen LogP contribution in [0.1, 0.15) is 18.9 Å². The van der Waals surface area contributed by atoms with Gasteiger partial charge in [-0.3, -0.25) is 4.79 Å². The molecule has 1 aliphatic heterocycles. The van der Waals surface area contributed by atoms with Gasteiger partial charge in [0.05, 0.1) is 0 Å². The molecule has 0 spiro atoms. The fourth-order valence-corrected chi connectivity index (χ4v) is 1.85. The molecule has 0 aliphatic carbocycles. The molecule has 0 radical (unpaired) electrons. The van der Waals surface area contributed by atoms with E-state index in [4.69, 9.17) is 10.5 Å². The van der Waals surface area contributed by atoms with Crippen LogP contribution < -0.4 is 5.73 Å². The number of hydrogen-bond acceptors (Lipinski definition) is 3. The van der Waals surface area contributed by atoms with Crippen LogP contribution in [0.15, 0.2) is 35.3 Å². The normalized spacial score (nSPS) is 24.1. The zero-order valence-electron chi connectivity index (χ0n) is 9.14. The van der Waals surface area contributed by atoms with Crippen LogP contribution in [0.5, 0.6) is 0 Å². The molecule has 1 aromatic rings. The molecule has 84 valence electrons. The monoisotopic (exact) mass is 218 g/mol. The Hall–Kier alpha value is -1.84. The molecular formula is C12H14N2O2. The van der Waals surface area contributed by atoms with Gasteiger partial charge in [0.1, 0.15) is 0 Å². The van der Waals surface area contributed by atoms with E-state index in [9.17, 15) is 4.79 Å². The second-order valence-corrected chi connectivity index (χ2v) is 3.87. The number of aliphatic imine (C=N–C) groups is 1. The molecule has 1 amide bonds. The van der Waals surface area contributed by atoms with E-state index in [-0.39, 0.29) is 11.9 Å². The van der Waals surface area contributed by atoms with Crippen LogP contribution in [-0.2, 0) is 16.0 Å². The molecular weight excluding hydrogens is 204 g/mol. The van der Waals surface area contributed by atoms with Gasteiger partial charge in [0.25, 0.3) is 11.9 Å². The molecule has 1 heterocycles. The van der Waals surface area contributed by atoms with Gasteiger partial charge in [-0.25, -0.2) is 0 Å². The van der Waals surface area contributed by atoms with E-state index in [0.29, 0.717) is 12.8 Å². The van der Waals surface area contributed by atoms with E-state index in [1.54, 1.807) is 0 Å². The number of nitrogens with two attached hydrogens (primary N) is 1. The summed E-state index contributed by atoms with van der Waals surface area (Å²) < 4.78 is 5.39. The fraction of sp³-hybridized carbons (Fsp3) is 0.333. The minimum Gasteiger partial charge on any atom is -0.448 e. The molecule has 1 aliphatic rings. The lowest BCUT2D eigenvalue weighted by Gasteiger charge is -2.24. The number of carbonyl (C=O) groups is 1. The van der Waals surface area contributed by atoms with Gasteiger partial charge >= 0.3 is 0 Å². The second kappa shape index (κ2) is 3.96. The Bertz CT molecular complexity index is 428. The standard InChI is InChI=1S/C12H14N2O2/c1-2-12(10(15)14-11(13)16-12)8-9-6-4-3-5-7-9/h3-7H,2,8H2,1H3,(H2,13,14,15). The Kier molecular flexibility index (Phi) is 2.64. The first-order valence-corrected chi connectivity index (χ1v) is 5.28. The SMILES string of the molecule is CCC1(Cc2ccccc2)OC(N)=NC1=O. The Balaban J connectivity index is 2.22. The van der Waals surface area contributed by atoms with Crippen molar-refractivity contribution < 1.29 is 9.53 Å². The van der Waals surface area contributed by atoms with Crippen molar-refractivity contribution in [1.82, 2.24) is 0 Å². The van der Waals surface area contributed by atoms with Crippen LogP contribution in [0, 0.1) is 0 Å². The molecule has 1 aromatic carbocycles. The first-order chi connectivity index (χ1) is 7.66. The van der Waals surface area contributed by atoms with Crippen molar-refractivity contribution in [3.63, 3.8) is 0 Å². The van der Waals surface area contributed by atoms with Crippen LogP contribution in [-0.4, -0.2) is 17.5 Å². The number of carbonyl (C=O) groups excluding carboxylic acids is 1. The molecule has 0 bridgehead atoms. The van der Waals surface area contributed by atoms with Crippen LogP contribution in [0.25, 0.3) is 0 Å². The van der Waals surface area contributed by atoms with E-state index >= 15 is 0 Å². The zero-order chi connectivity index (χ0) is 11.6. The Morgan fingerprint density at radius 1 is 1.38 bits per heavy atom. The van der Waals surface area contributed by atoms with Crippen molar-refractivity contribution in [2.24, 2.45) is 10.7 Å². The van der Waals surface area contributed by atoms with Crippen molar-refractivity contribution in [2.45, 2.75) is 25.4 Å². The Morgan fingerprint density at radius 2 is 2.06 bits per heavy atom. The number of rotatable bonds is 3. The van der Waals surface area contributed by atoms with Gasteiger partial charge < -0.3 is 10.5 Å². The maximum atomic E-state index is 11.7. The first kappa shape index (κ1) is 10.7. The largest absolute Gasteiger partial charge is 0.448 e. The highest BCUT2D eigenvalue weighted by molar-refractivity contribution is 6.00. The number of ether oxygens (including phenoxy) is 1. The molecule has 2 N–H and O–H groups in total. The van der Waals surface area contributed by atoms with Gasteiger partial charge in [-0.15, -0.1) is 0 Å². The smallest absolute Gasteiger partial charge is 0.294 e. The highest BCUT2D eigenvalue weighted by Crippen LogP contribution is 2.27. The minimum absolute atomic E-state index is 0.0252. The van der Waals surface area contributed by atoms with Gasteiger partial charge in [-0.05, 0) is 12.0 Å². The van der Waals surface area contributed by atoms with E-state index < -0.39 is 5.60 Å². The third kappa shape index (κ3) is 1.78. The topological polar surface area (TPSA) is 64.7 Å². The fourth-order valence-electron chi connectivity index (χ4n) is 1.85. The lowest BCUT2D eigenvalue weighted by molar-refractivity contribution is -0.131. The Labute approximate surface area is 94.1 Å². The number of nitrogens with zero attached hydrogens (tertiary/aromatic N) is 1. The predicted octanol–water partition coefficient (Wildman–Crippen LogP) is 1.25. The summed E-state index contributed by atoms with van der Waals surface area (Å²) in [6.07, 6.45) is 1.07. The van der Waals surface area contributed by atoms with E-state index in [0.717, 1.165) is 5.56 Å². The molecule has 4 nitrogen and oxygen atoms in total. The van der Waals surface area contributed by atoms with Gasteiger partial charge in [-0.1, -0.05) is 37.3 Å². The lowest BCUT2D eigenvalue weighted by Crippen LogP contribution is -2.40. The number of amides is 1. The molecule has 4 heteroatoms. The molecule has 0 saturated heterocycles. The first-order valence-electron chi connectivity index (χ1n) is 5.28. The summed E-state index contributed by atoms with van der Waals surface area (Å²) in [6, 6.07) is 9.70. The summed E-state index contributed by atoms with van der Waals surface area (Å²) in [4.78, 5) is 15.4. The lowest BCUT2D eigenvalue weighted by atomic mass is 9.91. The van der Waals surface area contributed by atoms with Gasteiger partial charge in [0.2, 0.25) is 0 Å². The average molecular weight is 218 g/mol. The molecule has 0 fully saturated rings. The highest BCUT2D eigenvalue weighted by Gasteiger charge is 2.44. The summed E-state index contributed by atoms with van der Waals surface area (Å²) in [7, 11) is 0. The van der Waals surface area contributed by atoms with Gasteiger partial charge in [0, 0.05) is 6.42 Å². The second-order valence-electron chi connectivity index (χ2n) is 3.87. The number of benzene rings is 1. The Morgan fingerprint density at radius 3 is 2.56 bits per heavy atom. The van der Waals surface area contributed by atoms with Crippen molar-refractivity contribution in [3.05, 3.63) is 35.9 Å². The van der Waals surface area contributed by atoms with E-state index in [2.05, 4.69) is 4.99 Å². The molecule has 2 rings (SSSR count). The van der Waals surface area contributed by atoms with Crippen molar-refractivity contribution in [2.75, 3.05) is 0 Å². The number of hydrogen-bond donors (Lipinski definition) is 1. The third-order valence-electron chi connectivity index (χ3n) is 2.81. The van der Waals surface area contributed by atoms with Gasteiger partial charge in [-0.2, -0.15) is 4.99 Å². The molecule has 1 unspecified atom stereocenters. The summed E-state index contributed by atoms with van der Waals surface area (Å²) in [6.45, 7) is 1.90. The third-order valence-corrected chi connectivity index (χ3v) is 2.81. The molecule has 16 heavy (non-hydrogen) atoms. The maximum Gasteiger partial charge on any atom is 0.294 e. The maximum absolute atomic E-state index is 11.7. The van der Waals surface area contributed by atoms with Crippen molar-refractivity contribution >= 4 is 11.9 Å². The quantitative estimate of drug-likeness (QED) is 0.830. The van der Waals surface area contributed by atoms with Crippen LogP contribution >= 0.6 is 0 Å². The molecule has 0 saturated carbocycles. The van der Waals surface area contributed by atoms with Crippen molar-refractivity contribution in [1.29, 1.82) is 0 Å². The molecule has 0 aromatic heterocycles. The van der Waals surface area contributed by atoms with Crippen LogP contribution in [0.2, 0.25) is 0 Å². The van der Waals surface area contributed by atoms with E-state index in [1.807, 2.05) is 37.3 Å². The van der Waals surface area contributed by atoms with Crippen molar-refractivity contribution in [3.8, 4) is 0 Å². The zero-order valence-corrected chi connectivity index (χ0v) is 9.14. The molecule has 1 atom stereocenters. The predicted molar refractivity (Wildman–Crippen MR) is 60.9 cm³/mol. The summed E-state index contributed by atoms with van der Waals surface area (Å²) >= 11 is 0. The number of amidine groups is 1. The van der Waals surface area contributed by atoms with E-state index in [1.165, 1.54) is 0 Å². The van der Waals surface area contributed by atoms with Gasteiger partial charge in [0.15, 0.2) is 5.60 Å². The summed E-state index contributed by atoms with van der Waals surface area (Å²) in [5.41, 5.74) is 5.58. The van der Waals surface area contributed by atoms with Crippen LogP contribution in [0.4, 0.5) is 0 Å². The highest BCUT2D eigenvalue weighted by atomic mass is 16.5. The average Bonchev–Trinajstić information content (AvgIpc) is 2.56. The minimum atomic E-state index is -0.897. The summed E-state index contributed by atoms with van der Waals surface area (Å²) in [5, 5.41) is 0.